The van der Waals surface area contributed by atoms with Crippen LogP contribution in [0.5, 0.6) is 0 Å². The van der Waals surface area contributed by atoms with Crippen molar-refractivity contribution in [3.63, 3.8) is 0 Å². The molecule has 2 aliphatic rings. The SMILES string of the molecule is CN(C)C1CCC(CNc2cc(Nc3ccnc(-c4cnn(S(=O)(=O)C5CC5)c4)n3)ncc2-c2ccn(C(F)F)n2)CC1. The van der Waals surface area contributed by atoms with Gasteiger partial charge in [0.2, 0.25) is 0 Å². The Kier molecular flexibility index (Phi) is 8.09. The minimum atomic E-state index is -3.50. The molecule has 0 aromatic carbocycles. The normalized spacial score (nSPS) is 19.2. The van der Waals surface area contributed by atoms with Crippen molar-refractivity contribution >= 4 is 27.3 Å². The smallest absolute Gasteiger partial charge is 0.333 e. The van der Waals surface area contributed by atoms with Crippen molar-refractivity contribution < 1.29 is 17.2 Å². The summed E-state index contributed by atoms with van der Waals surface area (Å²) in [6.45, 7) is -2.00. The lowest BCUT2D eigenvalue weighted by atomic mass is 9.85. The lowest BCUT2D eigenvalue weighted by Crippen LogP contribution is -2.33. The van der Waals surface area contributed by atoms with Crippen molar-refractivity contribution in [1.82, 2.24) is 38.8 Å². The lowest BCUT2D eigenvalue weighted by molar-refractivity contribution is 0.0568. The van der Waals surface area contributed by atoms with Crippen LogP contribution in [0, 0.1) is 5.92 Å². The molecule has 0 amide bonds. The monoisotopic (exact) mass is 612 g/mol. The van der Waals surface area contributed by atoms with Crippen molar-refractivity contribution in [3.8, 4) is 22.6 Å². The standard InChI is InChI=1S/C28H34F2N10O2S/c1-38(2)20-5-3-18(4-6-20)14-32-24-13-26(33-16-22(24)23-10-12-39(37-23)28(29)30)35-25-9-11-31-27(36-25)19-15-34-40(17-19)43(41,42)21-7-8-21/h9-13,15-18,20-21,28H,3-8,14H2,1-2H3,(H2,31,32,33,35,36). The van der Waals surface area contributed by atoms with Gasteiger partial charge in [-0.25, -0.2) is 28.1 Å². The second-order valence-corrected chi connectivity index (χ2v) is 13.4. The second-order valence-electron chi connectivity index (χ2n) is 11.3. The van der Waals surface area contributed by atoms with Crippen molar-refractivity contribution in [3.05, 3.63) is 49.2 Å². The van der Waals surface area contributed by atoms with Crippen LogP contribution in [0.1, 0.15) is 45.1 Å². The molecule has 0 atom stereocenters. The molecule has 2 aliphatic carbocycles. The topological polar surface area (TPSA) is 136 Å². The Hall–Kier alpha value is -3.98. The Morgan fingerprint density at radius 2 is 1.84 bits per heavy atom. The van der Waals surface area contributed by atoms with Crippen LogP contribution in [0.2, 0.25) is 0 Å². The highest BCUT2D eigenvalue weighted by molar-refractivity contribution is 7.90. The number of nitrogens with one attached hydrogen (secondary N) is 2. The van der Waals surface area contributed by atoms with E-state index < -0.39 is 16.6 Å². The van der Waals surface area contributed by atoms with Gasteiger partial charge in [-0.3, -0.25) is 0 Å². The van der Waals surface area contributed by atoms with Gasteiger partial charge < -0.3 is 15.5 Å². The van der Waals surface area contributed by atoms with Gasteiger partial charge in [0.1, 0.15) is 11.6 Å². The summed E-state index contributed by atoms with van der Waals surface area (Å²) < 4.78 is 53.2. The van der Waals surface area contributed by atoms with Gasteiger partial charge in [0.25, 0.3) is 10.0 Å². The molecule has 4 heterocycles. The molecule has 228 valence electrons. The first kappa shape index (κ1) is 29.1. The zero-order chi connectivity index (χ0) is 30.1. The summed E-state index contributed by atoms with van der Waals surface area (Å²) in [4.78, 5) is 15.6. The molecule has 4 aromatic rings. The number of halogens is 2. The molecule has 12 nitrogen and oxygen atoms in total. The Morgan fingerprint density at radius 3 is 2.53 bits per heavy atom. The average molecular weight is 613 g/mol. The Balaban J connectivity index is 1.22. The van der Waals surface area contributed by atoms with Crippen molar-refractivity contribution in [2.24, 2.45) is 5.92 Å². The average Bonchev–Trinajstić information content (AvgIpc) is 3.53. The first-order valence-corrected chi connectivity index (χ1v) is 15.8. The van der Waals surface area contributed by atoms with Crippen LogP contribution < -0.4 is 10.6 Å². The van der Waals surface area contributed by atoms with E-state index in [1.165, 1.54) is 18.6 Å². The molecule has 2 saturated carbocycles. The summed E-state index contributed by atoms with van der Waals surface area (Å²) in [7, 11) is 0.735. The molecule has 6 rings (SSSR count). The highest BCUT2D eigenvalue weighted by Crippen LogP contribution is 2.33. The summed E-state index contributed by atoms with van der Waals surface area (Å²) in [6, 6.07) is 5.62. The number of hydrogen-bond acceptors (Lipinski definition) is 10. The minimum absolute atomic E-state index is 0.308. The first-order valence-electron chi connectivity index (χ1n) is 14.3. The van der Waals surface area contributed by atoms with Gasteiger partial charge in [-0.1, -0.05) is 0 Å². The van der Waals surface area contributed by atoms with E-state index in [9.17, 15) is 17.2 Å². The third-order valence-electron chi connectivity index (χ3n) is 8.05. The number of alkyl halides is 2. The molecular weight excluding hydrogens is 578 g/mol. The fourth-order valence-electron chi connectivity index (χ4n) is 5.36. The van der Waals surface area contributed by atoms with Crippen LogP contribution in [0.3, 0.4) is 0 Å². The molecule has 0 saturated heterocycles. The molecule has 2 fully saturated rings. The quantitative estimate of drug-likeness (QED) is 0.247. The van der Waals surface area contributed by atoms with Crippen LogP contribution in [0.25, 0.3) is 22.6 Å². The molecule has 0 spiro atoms. The van der Waals surface area contributed by atoms with E-state index >= 15 is 0 Å². The van der Waals surface area contributed by atoms with E-state index in [1.807, 2.05) is 6.07 Å². The van der Waals surface area contributed by atoms with E-state index in [1.54, 1.807) is 24.5 Å². The van der Waals surface area contributed by atoms with Crippen LogP contribution in [-0.4, -0.2) is 79.2 Å². The summed E-state index contributed by atoms with van der Waals surface area (Å²) in [6.07, 6.45) is 13.0. The second kappa shape index (κ2) is 12.0. The van der Waals surface area contributed by atoms with Crippen molar-refractivity contribution in [2.75, 3.05) is 31.3 Å². The van der Waals surface area contributed by atoms with E-state index in [0.29, 0.717) is 69.5 Å². The highest BCUT2D eigenvalue weighted by Gasteiger charge is 2.37. The molecule has 0 bridgehead atoms. The lowest BCUT2D eigenvalue weighted by Gasteiger charge is -2.33. The van der Waals surface area contributed by atoms with Gasteiger partial charge in [-0.2, -0.15) is 23.1 Å². The van der Waals surface area contributed by atoms with Crippen LogP contribution in [0.15, 0.2) is 49.2 Å². The summed E-state index contributed by atoms with van der Waals surface area (Å²) in [5, 5.41) is 14.4. The van der Waals surface area contributed by atoms with Crippen LogP contribution in [0.4, 0.5) is 26.1 Å². The number of aromatic nitrogens is 7. The van der Waals surface area contributed by atoms with E-state index in [0.717, 1.165) is 36.3 Å². The number of pyridine rings is 1. The maximum absolute atomic E-state index is 13.2. The van der Waals surface area contributed by atoms with E-state index in [-0.39, 0.29) is 5.25 Å². The van der Waals surface area contributed by atoms with Crippen LogP contribution in [-0.2, 0) is 10.0 Å². The van der Waals surface area contributed by atoms with Gasteiger partial charge in [0.05, 0.1) is 28.9 Å². The van der Waals surface area contributed by atoms with Gasteiger partial charge in [-0.05, 0) is 70.7 Å². The minimum Gasteiger partial charge on any atom is -0.384 e. The fraction of sp³-hybridized carbons (Fsp3) is 0.464. The van der Waals surface area contributed by atoms with Gasteiger partial charge in [-0.15, -0.1) is 0 Å². The molecule has 0 radical (unpaired) electrons. The molecular formula is C28H34F2N10O2S. The molecule has 15 heteroatoms. The number of nitrogens with zero attached hydrogens (tertiary/aromatic N) is 8. The molecule has 4 aromatic heterocycles. The summed E-state index contributed by atoms with van der Waals surface area (Å²) in [5.74, 6) is 1.72. The molecule has 0 unspecified atom stereocenters. The maximum atomic E-state index is 13.2. The zero-order valence-electron chi connectivity index (χ0n) is 23.9. The maximum Gasteiger partial charge on any atom is 0.333 e. The Bertz CT molecular complexity index is 1680. The van der Waals surface area contributed by atoms with Gasteiger partial charge in [0, 0.05) is 48.5 Å². The van der Waals surface area contributed by atoms with Gasteiger partial charge >= 0.3 is 6.55 Å². The van der Waals surface area contributed by atoms with E-state index in [2.05, 4.69) is 54.8 Å². The summed E-state index contributed by atoms with van der Waals surface area (Å²) in [5.41, 5.74) is 2.19. The van der Waals surface area contributed by atoms with Crippen molar-refractivity contribution in [2.45, 2.75) is 56.4 Å². The predicted octanol–water partition coefficient (Wildman–Crippen LogP) is 4.61. The third kappa shape index (κ3) is 6.51. The molecule has 43 heavy (non-hydrogen) atoms. The summed E-state index contributed by atoms with van der Waals surface area (Å²) >= 11 is 0. The Morgan fingerprint density at radius 1 is 1.05 bits per heavy atom. The van der Waals surface area contributed by atoms with Gasteiger partial charge in [0.15, 0.2) is 5.82 Å². The van der Waals surface area contributed by atoms with Crippen LogP contribution >= 0.6 is 0 Å². The van der Waals surface area contributed by atoms with Crippen molar-refractivity contribution in [1.29, 1.82) is 0 Å². The predicted molar refractivity (Wildman–Crippen MR) is 159 cm³/mol. The van der Waals surface area contributed by atoms with E-state index in [4.69, 9.17) is 0 Å². The largest absolute Gasteiger partial charge is 0.384 e. The third-order valence-corrected chi connectivity index (χ3v) is 10.1. The number of anilines is 3. The molecule has 0 aliphatic heterocycles. The number of rotatable bonds is 11. The zero-order valence-corrected chi connectivity index (χ0v) is 24.8. The first-order chi connectivity index (χ1) is 20.7. The fourth-order valence-corrected chi connectivity index (χ4v) is 6.84. The molecule has 2 N–H and O–H groups in total. The highest BCUT2D eigenvalue weighted by atomic mass is 32.2. The number of hydrogen-bond donors (Lipinski definition) is 2. The Labute approximate surface area is 248 Å².